The Labute approximate surface area is 164 Å². The number of amides is 1. The minimum Gasteiger partial charge on any atom is -0.493 e. The van der Waals surface area contributed by atoms with Crippen LogP contribution in [0, 0.1) is 5.92 Å². The lowest BCUT2D eigenvalue weighted by Crippen LogP contribution is -2.34. The Morgan fingerprint density at radius 1 is 0.964 bits per heavy atom. The molecule has 0 aromatic heterocycles. The Kier molecular flexibility index (Phi) is 7.68. The number of hydrogen-bond donors (Lipinski definition) is 2. The summed E-state index contributed by atoms with van der Waals surface area (Å²) in [6, 6.07) is 12.7. The van der Waals surface area contributed by atoms with Gasteiger partial charge >= 0.3 is 5.97 Å². The molecule has 0 aliphatic carbocycles. The first-order valence-corrected chi connectivity index (χ1v) is 8.80. The molecular formula is C21H25NO6. The SMILES string of the molecule is COc1cc(CC(=O)NCC(Cc2ccccc2)C(=O)O)cc(OC)c1OC. The van der Waals surface area contributed by atoms with Gasteiger partial charge in [-0.3, -0.25) is 9.59 Å². The quantitative estimate of drug-likeness (QED) is 0.650. The second-order valence-corrected chi connectivity index (χ2v) is 6.24. The van der Waals surface area contributed by atoms with Crippen LogP contribution in [-0.2, 0) is 22.4 Å². The molecule has 7 heteroatoms. The van der Waals surface area contributed by atoms with Crippen LogP contribution in [0.25, 0.3) is 0 Å². The van der Waals surface area contributed by atoms with Crippen molar-refractivity contribution in [3.63, 3.8) is 0 Å². The van der Waals surface area contributed by atoms with E-state index in [1.54, 1.807) is 12.1 Å². The molecule has 2 aromatic rings. The van der Waals surface area contributed by atoms with E-state index >= 15 is 0 Å². The number of carboxylic acid groups (broad SMARTS) is 1. The van der Waals surface area contributed by atoms with Crippen molar-refractivity contribution in [3.8, 4) is 17.2 Å². The fraction of sp³-hybridized carbons (Fsp3) is 0.333. The molecule has 0 spiro atoms. The highest BCUT2D eigenvalue weighted by atomic mass is 16.5. The third kappa shape index (κ3) is 5.64. The number of nitrogens with one attached hydrogen (secondary N) is 1. The molecule has 2 N–H and O–H groups in total. The van der Waals surface area contributed by atoms with Gasteiger partial charge in [0.2, 0.25) is 11.7 Å². The number of carboxylic acids is 1. The zero-order valence-corrected chi connectivity index (χ0v) is 16.2. The van der Waals surface area contributed by atoms with Gasteiger partial charge in [0, 0.05) is 6.54 Å². The lowest BCUT2D eigenvalue weighted by molar-refractivity contribution is -0.141. The standard InChI is InChI=1S/C21H25NO6/c1-26-17-10-15(11-18(27-2)20(17)28-3)12-19(23)22-13-16(21(24)25)9-14-7-5-4-6-8-14/h4-8,10-11,16H,9,12-13H2,1-3H3,(H,22,23)(H,24,25). The summed E-state index contributed by atoms with van der Waals surface area (Å²) in [6.07, 6.45) is 0.412. The number of hydrogen-bond acceptors (Lipinski definition) is 5. The van der Waals surface area contributed by atoms with E-state index in [0.717, 1.165) is 5.56 Å². The minimum atomic E-state index is -0.947. The van der Waals surface area contributed by atoms with Gasteiger partial charge in [-0.2, -0.15) is 0 Å². The average molecular weight is 387 g/mol. The maximum atomic E-state index is 12.3. The number of carbonyl (C=O) groups excluding carboxylic acids is 1. The number of methoxy groups -OCH3 is 3. The van der Waals surface area contributed by atoms with Gasteiger partial charge in [-0.1, -0.05) is 30.3 Å². The van der Waals surface area contributed by atoms with Crippen molar-refractivity contribution in [2.45, 2.75) is 12.8 Å². The second-order valence-electron chi connectivity index (χ2n) is 6.24. The van der Waals surface area contributed by atoms with Crippen molar-refractivity contribution in [1.29, 1.82) is 0 Å². The topological polar surface area (TPSA) is 94.1 Å². The van der Waals surface area contributed by atoms with Crippen LogP contribution in [0.5, 0.6) is 17.2 Å². The molecule has 0 aliphatic heterocycles. The summed E-state index contributed by atoms with van der Waals surface area (Å²) in [4.78, 5) is 23.8. The zero-order valence-electron chi connectivity index (χ0n) is 16.2. The second kappa shape index (κ2) is 10.2. The summed E-state index contributed by atoms with van der Waals surface area (Å²) >= 11 is 0. The highest BCUT2D eigenvalue weighted by molar-refractivity contribution is 5.80. The number of benzene rings is 2. The molecule has 1 atom stereocenters. The van der Waals surface area contributed by atoms with Crippen molar-refractivity contribution < 1.29 is 28.9 Å². The van der Waals surface area contributed by atoms with E-state index in [9.17, 15) is 14.7 Å². The molecule has 28 heavy (non-hydrogen) atoms. The van der Waals surface area contributed by atoms with E-state index in [1.807, 2.05) is 30.3 Å². The Morgan fingerprint density at radius 3 is 2.07 bits per heavy atom. The van der Waals surface area contributed by atoms with E-state index < -0.39 is 11.9 Å². The van der Waals surface area contributed by atoms with Crippen LogP contribution < -0.4 is 19.5 Å². The summed E-state index contributed by atoms with van der Waals surface area (Å²) in [5.74, 6) is -0.575. The van der Waals surface area contributed by atoms with Gasteiger partial charge < -0.3 is 24.6 Å². The number of carbonyl (C=O) groups is 2. The van der Waals surface area contributed by atoms with Gasteiger partial charge in [0.1, 0.15) is 0 Å². The maximum Gasteiger partial charge on any atom is 0.308 e. The van der Waals surface area contributed by atoms with Crippen LogP contribution in [0.15, 0.2) is 42.5 Å². The molecule has 0 saturated heterocycles. The van der Waals surface area contributed by atoms with E-state index in [0.29, 0.717) is 29.2 Å². The number of ether oxygens (including phenoxy) is 3. The Morgan fingerprint density at radius 2 is 1.57 bits per heavy atom. The van der Waals surface area contributed by atoms with Crippen LogP contribution in [0.1, 0.15) is 11.1 Å². The summed E-state index contributed by atoms with van der Waals surface area (Å²) in [5, 5.41) is 12.1. The van der Waals surface area contributed by atoms with Crippen LogP contribution in [0.3, 0.4) is 0 Å². The van der Waals surface area contributed by atoms with Crippen LogP contribution in [-0.4, -0.2) is 44.9 Å². The minimum absolute atomic E-state index is 0.0491. The first kappa shape index (κ1) is 21.1. The summed E-state index contributed by atoms with van der Waals surface area (Å²) in [5.41, 5.74) is 1.58. The molecule has 1 amide bonds. The molecule has 0 radical (unpaired) electrons. The highest BCUT2D eigenvalue weighted by Crippen LogP contribution is 2.38. The zero-order chi connectivity index (χ0) is 20.5. The monoisotopic (exact) mass is 387 g/mol. The van der Waals surface area contributed by atoms with Crippen LogP contribution >= 0.6 is 0 Å². The van der Waals surface area contributed by atoms with Gasteiger partial charge in [0.05, 0.1) is 33.7 Å². The fourth-order valence-electron chi connectivity index (χ4n) is 2.87. The third-order valence-electron chi connectivity index (χ3n) is 4.31. The third-order valence-corrected chi connectivity index (χ3v) is 4.31. The molecule has 0 fully saturated rings. The molecule has 0 bridgehead atoms. The Hall–Kier alpha value is -3.22. The number of aliphatic carboxylic acids is 1. The van der Waals surface area contributed by atoms with E-state index in [4.69, 9.17) is 14.2 Å². The molecule has 150 valence electrons. The van der Waals surface area contributed by atoms with Gasteiger partial charge in [0.25, 0.3) is 0 Å². The fourth-order valence-corrected chi connectivity index (χ4v) is 2.87. The average Bonchev–Trinajstić information content (AvgIpc) is 2.70. The van der Waals surface area contributed by atoms with Gasteiger partial charge in [-0.05, 0) is 29.7 Å². The number of rotatable bonds is 10. The molecular weight excluding hydrogens is 362 g/mol. The van der Waals surface area contributed by atoms with E-state index in [2.05, 4.69) is 5.32 Å². The lowest BCUT2D eigenvalue weighted by atomic mass is 9.99. The van der Waals surface area contributed by atoms with Crippen molar-refractivity contribution in [1.82, 2.24) is 5.32 Å². The Bertz CT molecular complexity index is 781. The molecule has 0 aliphatic rings. The molecule has 0 heterocycles. The smallest absolute Gasteiger partial charge is 0.308 e. The first-order chi connectivity index (χ1) is 13.5. The van der Waals surface area contributed by atoms with Gasteiger partial charge in [0.15, 0.2) is 11.5 Å². The van der Waals surface area contributed by atoms with Crippen molar-refractivity contribution in [2.75, 3.05) is 27.9 Å². The van der Waals surface area contributed by atoms with Crippen molar-refractivity contribution in [3.05, 3.63) is 53.6 Å². The molecule has 7 nitrogen and oxygen atoms in total. The molecule has 1 unspecified atom stereocenters. The first-order valence-electron chi connectivity index (χ1n) is 8.80. The summed E-state index contributed by atoms with van der Waals surface area (Å²) in [7, 11) is 4.51. The maximum absolute atomic E-state index is 12.3. The lowest BCUT2D eigenvalue weighted by Gasteiger charge is -2.15. The predicted octanol–water partition coefficient (Wildman–Crippen LogP) is 2.31. The Balaban J connectivity index is 2.01. The molecule has 2 rings (SSSR count). The normalized spacial score (nSPS) is 11.4. The van der Waals surface area contributed by atoms with Crippen LogP contribution in [0.2, 0.25) is 0 Å². The summed E-state index contributed by atoms with van der Waals surface area (Å²) in [6.45, 7) is 0.0491. The van der Waals surface area contributed by atoms with E-state index in [1.165, 1.54) is 21.3 Å². The highest BCUT2D eigenvalue weighted by Gasteiger charge is 2.20. The van der Waals surface area contributed by atoms with Crippen LogP contribution in [0.4, 0.5) is 0 Å². The largest absolute Gasteiger partial charge is 0.493 e. The van der Waals surface area contributed by atoms with Crippen molar-refractivity contribution in [2.24, 2.45) is 5.92 Å². The van der Waals surface area contributed by atoms with Gasteiger partial charge in [-0.25, -0.2) is 0 Å². The summed E-state index contributed by atoms with van der Waals surface area (Å²) < 4.78 is 15.8. The van der Waals surface area contributed by atoms with E-state index in [-0.39, 0.29) is 18.9 Å². The molecule has 0 saturated carbocycles. The van der Waals surface area contributed by atoms with Crippen molar-refractivity contribution >= 4 is 11.9 Å². The molecule has 2 aromatic carbocycles. The van der Waals surface area contributed by atoms with Gasteiger partial charge in [-0.15, -0.1) is 0 Å². The predicted molar refractivity (Wildman–Crippen MR) is 104 cm³/mol.